The van der Waals surface area contributed by atoms with Crippen LogP contribution in [0.25, 0.3) is 0 Å². The van der Waals surface area contributed by atoms with Crippen LogP contribution in [0.2, 0.25) is 0 Å². The molecule has 0 aliphatic carbocycles. The van der Waals surface area contributed by atoms with Gasteiger partial charge in [0.1, 0.15) is 29.8 Å². The lowest BCUT2D eigenvalue weighted by atomic mass is 10.1. The molecule has 4 N–H and O–H groups in total. The van der Waals surface area contributed by atoms with E-state index in [-0.39, 0.29) is 36.4 Å². The zero-order chi connectivity index (χ0) is 28.8. The van der Waals surface area contributed by atoms with Crippen molar-refractivity contribution in [2.75, 3.05) is 33.9 Å². The van der Waals surface area contributed by atoms with Gasteiger partial charge in [-0.05, 0) is 31.4 Å². The Bertz CT molecular complexity index is 1170. The maximum absolute atomic E-state index is 12.8. The molecular weight excluding hydrogens is 514 g/mol. The second-order valence-corrected chi connectivity index (χ2v) is 8.08. The number of rotatable bonds is 4. The molecule has 0 saturated carbocycles. The van der Waals surface area contributed by atoms with Crippen LogP contribution in [0, 0.1) is 0 Å². The molecule has 1 aromatic heterocycles. The Morgan fingerprint density at radius 3 is 2.38 bits per heavy atom. The van der Waals surface area contributed by atoms with Gasteiger partial charge in [-0.15, -0.1) is 0 Å². The van der Waals surface area contributed by atoms with Crippen molar-refractivity contribution in [1.29, 1.82) is 0 Å². The van der Waals surface area contributed by atoms with Crippen LogP contribution >= 0.6 is 0 Å². The first-order chi connectivity index (χ1) is 18.7. The van der Waals surface area contributed by atoms with E-state index in [1.54, 1.807) is 18.2 Å². The molecule has 210 valence electrons. The first kappa shape index (κ1) is 30.5. The third kappa shape index (κ3) is 9.91. The molecule has 2 heterocycles. The Morgan fingerprint density at radius 2 is 1.74 bits per heavy atom. The van der Waals surface area contributed by atoms with E-state index in [0.717, 1.165) is 19.3 Å². The average molecular weight is 546 g/mol. The standard InChI is InChI=1S/C23H27N5O7.C2H4O2/c1-33-14-6-7-15-19(11-14)35-10-9-25-21(30)16(5-3-4-8-24-20(15)29)28-22(31)17-12-27-18(13-26-17)23(32)34-2;1-2(3)4/h6-7,11-13,16H,3-5,8-10H2,1-2H3,(H,24,29)(H,25,30)(H,28,31);1H3,(H,3,4)/t16-;/m0./s1. The molecular formula is C25H31N5O9. The molecule has 0 spiro atoms. The summed E-state index contributed by atoms with van der Waals surface area (Å²) >= 11 is 0. The predicted molar refractivity (Wildman–Crippen MR) is 136 cm³/mol. The van der Waals surface area contributed by atoms with Crippen molar-refractivity contribution >= 4 is 29.7 Å². The highest BCUT2D eigenvalue weighted by molar-refractivity contribution is 5.97. The maximum atomic E-state index is 12.8. The fraction of sp³-hybridized carbons (Fsp3) is 0.400. The van der Waals surface area contributed by atoms with Crippen LogP contribution in [0.1, 0.15) is 57.5 Å². The van der Waals surface area contributed by atoms with Crippen LogP contribution in [-0.2, 0) is 14.3 Å². The highest BCUT2D eigenvalue weighted by Gasteiger charge is 2.23. The largest absolute Gasteiger partial charge is 0.497 e. The number of benzene rings is 1. The number of nitrogens with one attached hydrogen (secondary N) is 3. The third-order valence-corrected chi connectivity index (χ3v) is 5.20. The van der Waals surface area contributed by atoms with E-state index in [9.17, 15) is 19.2 Å². The molecule has 39 heavy (non-hydrogen) atoms. The maximum Gasteiger partial charge on any atom is 0.358 e. The summed E-state index contributed by atoms with van der Waals surface area (Å²) in [7, 11) is 2.72. The van der Waals surface area contributed by atoms with E-state index in [4.69, 9.17) is 19.4 Å². The highest BCUT2D eigenvalue weighted by atomic mass is 16.5. The molecule has 1 aromatic carbocycles. The molecule has 0 saturated heterocycles. The lowest BCUT2D eigenvalue weighted by Gasteiger charge is -2.19. The molecule has 0 bridgehead atoms. The molecule has 3 rings (SSSR count). The van der Waals surface area contributed by atoms with Gasteiger partial charge in [-0.3, -0.25) is 19.2 Å². The summed E-state index contributed by atoms with van der Waals surface area (Å²) in [6.07, 6.45) is 3.76. The van der Waals surface area contributed by atoms with E-state index >= 15 is 0 Å². The Balaban J connectivity index is 0.00000124. The van der Waals surface area contributed by atoms with Crippen LogP contribution in [-0.4, -0.2) is 84.7 Å². The highest BCUT2D eigenvalue weighted by Crippen LogP contribution is 2.25. The van der Waals surface area contributed by atoms with E-state index in [0.29, 0.717) is 42.9 Å². The van der Waals surface area contributed by atoms with Gasteiger partial charge in [0.15, 0.2) is 5.69 Å². The van der Waals surface area contributed by atoms with E-state index < -0.39 is 23.9 Å². The molecule has 1 aliphatic heterocycles. The molecule has 14 heteroatoms. The average Bonchev–Trinajstić information content (AvgIpc) is 2.92. The molecule has 1 atom stereocenters. The number of carbonyl (C=O) groups excluding carboxylic acids is 4. The Kier molecular flexibility index (Phi) is 12.1. The summed E-state index contributed by atoms with van der Waals surface area (Å²) in [4.78, 5) is 66.2. The number of methoxy groups -OCH3 is 2. The fourth-order valence-electron chi connectivity index (χ4n) is 3.32. The third-order valence-electron chi connectivity index (χ3n) is 5.20. The summed E-state index contributed by atoms with van der Waals surface area (Å²) in [5.41, 5.74) is 0.283. The van der Waals surface area contributed by atoms with Crippen LogP contribution in [0.15, 0.2) is 30.6 Å². The van der Waals surface area contributed by atoms with E-state index in [2.05, 4.69) is 30.7 Å². The van der Waals surface area contributed by atoms with E-state index in [1.165, 1.54) is 14.2 Å². The smallest absolute Gasteiger partial charge is 0.358 e. The minimum atomic E-state index is -0.837. The summed E-state index contributed by atoms with van der Waals surface area (Å²) in [5, 5.41) is 15.6. The number of esters is 1. The molecule has 2 aromatic rings. The number of amides is 3. The second-order valence-electron chi connectivity index (χ2n) is 8.08. The molecule has 0 radical (unpaired) electrons. The summed E-state index contributed by atoms with van der Waals surface area (Å²) < 4.78 is 15.5. The fourth-order valence-corrected chi connectivity index (χ4v) is 3.32. The number of carboxylic acids is 1. The SMILES string of the molecule is CC(=O)O.COC(=O)c1cnc(C(=O)N[C@H]2CCCCNC(=O)c3ccc(OC)cc3OCCNC2=O)cn1. The lowest BCUT2D eigenvalue weighted by Crippen LogP contribution is -2.47. The number of carboxylic acid groups (broad SMARTS) is 1. The number of ether oxygens (including phenoxy) is 3. The number of carbonyl (C=O) groups is 5. The van der Waals surface area contributed by atoms with Gasteiger partial charge in [-0.25, -0.2) is 14.8 Å². The van der Waals surface area contributed by atoms with Crippen LogP contribution < -0.4 is 25.4 Å². The molecule has 3 amide bonds. The summed E-state index contributed by atoms with van der Waals surface area (Å²) in [5.74, 6) is -1.90. The van der Waals surface area contributed by atoms with Gasteiger partial charge in [0.2, 0.25) is 5.91 Å². The van der Waals surface area contributed by atoms with Crippen LogP contribution in [0.5, 0.6) is 11.5 Å². The van der Waals surface area contributed by atoms with Gasteiger partial charge >= 0.3 is 5.97 Å². The molecule has 1 aliphatic rings. The van der Waals surface area contributed by atoms with Crippen molar-refractivity contribution in [1.82, 2.24) is 25.9 Å². The second kappa shape index (κ2) is 15.5. The van der Waals surface area contributed by atoms with Gasteiger partial charge < -0.3 is 35.3 Å². The van der Waals surface area contributed by atoms with Crippen molar-refractivity contribution in [3.8, 4) is 11.5 Å². The number of fused-ring (bicyclic) bond motifs is 1. The summed E-state index contributed by atoms with van der Waals surface area (Å²) in [6.45, 7) is 1.71. The number of aliphatic carboxylic acids is 1. The minimum Gasteiger partial charge on any atom is -0.497 e. The Morgan fingerprint density at radius 1 is 1.05 bits per heavy atom. The zero-order valence-corrected chi connectivity index (χ0v) is 21.8. The predicted octanol–water partition coefficient (Wildman–Crippen LogP) is 0.570. The minimum absolute atomic E-state index is 0.0407. The van der Waals surface area contributed by atoms with Crippen molar-refractivity contribution < 1.29 is 43.3 Å². The van der Waals surface area contributed by atoms with Gasteiger partial charge in [0.05, 0.1) is 38.7 Å². The van der Waals surface area contributed by atoms with E-state index in [1.807, 2.05) is 0 Å². The lowest BCUT2D eigenvalue weighted by molar-refractivity contribution is -0.134. The quantitative estimate of drug-likeness (QED) is 0.392. The summed E-state index contributed by atoms with van der Waals surface area (Å²) in [6, 6.07) is 4.07. The first-order valence-electron chi connectivity index (χ1n) is 11.9. The van der Waals surface area contributed by atoms with Gasteiger partial charge in [0, 0.05) is 19.5 Å². The Hall–Kier alpha value is -4.75. The Labute approximate surface area is 224 Å². The number of aromatic nitrogens is 2. The van der Waals surface area contributed by atoms with Gasteiger partial charge in [0.25, 0.3) is 17.8 Å². The number of hydrogen-bond donors (Lipinski definition) is 4. The van der Waals surface area contributed by atoms with Crippen LogP contribution in [0.4, 0.5) is 0 Å². The van der Waals surface area contributed by atoms with Gasteiger partial charge in [-0.2, -0.15) is 0 Å². The van der Waals surface area contributed by atoms with Crippen molar-refractivity contribution in [2.45, 2.75) is 32.2 Å². The zero-order valence-electron chi connectivity index (χ0n) is 21.8. The topological polar surface area (TPSA) is 195 Å². The van der Waals surface area contributed by atoms with Crippen molar-refractivity contribution in [3.63, 3.8) is 0 Å². The van der Waals surface area contributed by atoms with Gasteiger partial charge in [-0.1, -0.05) is 0 Å². The van der Waals surface area contributed by atoms with Crippen molar-refractivity contribution in [3.05, 3.63) is 47.5 Å². The normalized spacial score (nSPS) is 15.8. The number of nitrogens with zero attached hydrogens (tertiary/aromatic N) is 2. The molecule has 14 nitrogen and oxygen atoms in total. The first-order valence-corrected chi connectivity index (χ1v) is 11.9. The molecule has 0 fully saturated rings. The van der Waals surface area contributed by atoms with Crippen molar-refractivity contribution in [2.24, 2.45) is 0 Å². The monoisotopic (exact) mass is 545 g/mol. The molecule has 0 unspecified atom stereocenters. The number of hydrogen-bond acceptors (Lipinski definition) is 10. The van der Waals surface area contributed by atoms with Crippen LogP contribution in [0.3, 0.4) is 0 Å².